The first-order valence-electron chi connectivity index (χ1n) is 9.64. The molecule has 0 bridgehead atoms. The van der Waals surface area contributed by atoms with Crippen molar-refractivity contribution in [3.05, 3.63) is 59.9 Å². The van der Waals surface area contributed by atoms with Crippen molar-refractivity contribution >= 4 is 0 Å². The van der Waals surface area contributed by atoms with E-state index in [1.165, 1.54) is 38.2 Å². The number of nitrogens with zero attached hydrogens (tertiary/aromatic N) is 3. The normalized spacial score (nSPS) is 21.8. The van der Waals surface area contributed by atoms with Gasteiger partial charge in [-0.15, -0.1) is 0 Å². The quantitative estimate of drug-likeness (QED) is 0.863. The van der Waals surface area contributed by atoms with E-state index in [4.69, 9.17) is 4.74 Å². The van der Waals surface area contributed by atoms with Crippen molar-refractivity contribution in [2.45, 2.75) is 25.6 Å². The van der Waals surface area contributed by atoms with Crippen LogP contribution >= 0.6 is 0 Å². The van der Waals surface area contributed by atoms with Crippen LogP contribution in [0.2, 0.25) is 0 Å². The highest BCUT2D eigenvalue weighted by Crippen LogP contribution is 2.20. The molecule has 0 spiro atoms. The van der Waals surface area contributed by atoms with Crippen LogP contribution in [-0.4, -0.2) is 60.1 Å². The number of nitrogens with one attached hydrogen (secondary N) is 1. The molecule has 1 atom stereocenters. The molecule has 138 valence electrons. The first-order valence-corrected chi connectivity index (χ1v) is 9.64. The van der Waals surface area contributed by atoms with Crippen LogP contribution in [0.15, 0.2) is 48.8 Å². The Bertz CT molecular complexity index is 670. The Hall–Kier alpha value is -1.95. The summed E-state index contributed by atoms with van der Waals surface area (Å²) in [7, 11) is 0. The number of rotatable bonds is 6. The average molecular weight is 352 g/mol. The lowest BCUT2D eigenvalue weighted by molar-refractivity contribution is 0.170. The van der Waals surface area contributed by atoms with Gasteiger partial charge in [0.15, 0.2) is 0 Å². The number of piperazine rings is 1. The van der Waals surface area contributed by atoms with E-state index >= 15 is 0 Å². The summed E-state index contributed by atoms with van der Waals surface area (Å²) in [5.74, 6) is 0.922. The summed E-state index contributed by atoms with van der Waals surface area (Å²) in [6.45, 7) is 8.68. The van der Waals surface area contributed by atoms with Crippen LogP contribution in [0.1, 0.15) is 17.5 Å². The van der Waals surface area contributed by atoms with Crippen molar-refractivity contribution < 1.29 is 4.74 Å². The Balaban J connectivity index is 1.25. The van der Waals surface area contributed by atoms with E-state index in [9.17, 15) is 0 Å². The lowest BCUT2D eigenvalue weighted by Gasteiger charge is -2.32. The average Bonchev–Trinajstić information content (AvgIpc) is 3.17. The third kappa shape index (κ3) is 4.61. The van der Waals surface area contributed by atoms with Gasteiger partial charge in [0.1, 0.15) is 12.4 Å². The fourth-order valence-corrected chi connectivity index (χ4v) is 3.90. The van der Waals surface area contributed by atoms with E-state index in [2.05, 4.69) is 44.4 Å². The van der Waals surface area contributed by atoms with Gasteiger partial charge >= 0.3 is 0 Å². The first kappa shape index (κ1) is 17.5. The number of likely N-dealkylation sites (tertiary alicyclic amines) is 1. The van der Waals surface area contributed by atoms with Crippen molar-refractivity contribution in [1.29, 1.82) is 0 Å². The molecule has 0 radical (unpaired) electrons. The van der Waals surface area contributed by atoms with Crippen LogP contribution < -0.4 is 10.1 Å². The minimum atomic E-state index is 0.584. The number of pyridine rings is 1. The zero-order chi connectivity index (χ0) is 17.6. The number of hydrogen-bond donors (Lipinski definition) is 1. The molecule has 1 N–H and O–H groups in total. The molecule has 26 heavy (non-hydrogen) atoms. The molecule has 1 aromatic carbocycles. The molecule has 1 aromatic heterocycles. The number of aromatic nitrogens is 1. The van der Waals surface area contributed by atoms with Crippen LogP contribution in [-0.2, 0) is 13.2 Å². The molecular weight excluding hydrogens is 324 g/mol. The molecule has 2 aromatic rings. The summed E-state index contributed by atoms with van der Waals surface area (Å²) >= 11 is 0. The second-order valence-electron chi connectivity index (χ2n) is 7.25. The fraction of sp³-hybridized carbons (Fsp3) is 0.476. The smallest absolute Gasteiger partial charge is 0.119 e. The summed E-state index contributed by atoms with van der Waals surface area (Å²) < 4.78 is 5.86. The van der Waals surface area contributed by atoms with Gasteiger partial charge in [-0.25, -0.2) is 0 Å². The molecule has 2 fully saturated rings. The van der Waals surface area contributed by atoms with Crippen LogP contribution in [0.5, 0.6) is 5.75 Å². The van der Waals surface area contributed by atoms with Crippen LogP contribution in [0.25, 0.3) is 0 Å². The maximum Gasteiger partial charge on any atom is 0.119 e. The molecule has 2 aliphatic heterocycles. The molecule has 4 rings (SSSR count). The molecule has 0 aliphatic carbocycles. The van der Waals surface area contributed by atoms with E-state index in [1.54, 1.807) is 12.4 Å². The van der Waals surface area contributed by atoms with Crippen molar-refractivity contribution in [3.63, 3.8) is 0 Å². The minimum Gasteiger partial charge on any atom is -0.489 e. The molecule has 5 nitrogen and oxygen atoms in total. The molecule has 2 saturated heterocycles. The molecule has 0 saturated carbocycles. The first-order chi connectivity index (χ1) is 12.9. The fourth-order valence-electron chi connectivity index (χ4n) is 3.90. The van der Waals surface area contributed by atoms with Gasteiger partial charge in [-0.05, 0) is 41.8 Å². The molecular formula is C21H28N4O. The molecule has 5 heteroatoms. The maximum atomic E-state index is 5.86. The topological polar surface area (TPSA) is 40.6 Å². The van der Waals surface area contributed by atoms with Crippen molar-refractivity contribution in [2.24, 2.45) is 0 Å². The van der Waals surface area contributed by atoms with Gasteiger partial charge in [-0.3, -0.25) is 14.8 Å². The van der Waals surface area contributed by atoms with Gasteiger partial charge in [0, 0.05) is 64.2 Å². The molecule has 2 aliphatic rings. The predicted octanol–water partition coefficient (Wildman–Crippen LogP) is 2.14. The Morgan fingerprint density at radius 3 is 2.50 bits per heavy atom. The highest BCUT2D eigenvalue weighted by molar-refractivity contribution is 5.27. The summed E-state index contributed by atoms with van der Waals surface area (Å²) in [5, 5.41) is 3.44. The molecule has 3 heterocycles. The van der Waals surface area contributed by atoms with Gasteiger partial charge in [0.2, 0.25) is 0 Å². The van der Waals surface area contributed by atoms with Gasteiger partial charge in [-0.1, -0.05) is 12.1 Å². The van der Waals surface area contributed by atoms with E-state index in [0.29, 0.717) is 6.61 Å². The zero-order valence-electron chi connectivity index (χ0n) is 15.3. The highest BCUT2D eigenvalue weighted by atomic mass is 16.5. The van der Waals surface area contributed by atoms with Gasteiger partial charge < -0.3 is 10.1 Å². The summed E-state index contributed by atoms with van der Waals surface area (Å²) in [6.07, 6.45) is 4.89. The van der Waals surface area contributed by atoms with Gasteiger partial charge in [0.05, 0.1) is 0 Å². The van der Waals surface area contributed by atoms with E-state index in [0.717, 1.165) is 37.0 Å². The lowest BCUT2D eigenvalue weighted by Crippen LogP contribution is -2.49. The van der Waals surface area contributed by atoms with Crippen molar-refractivity contribution in [1.82, 2.24) is 20.1 Å². The standard InChI is InChI=1S/C21H28N4O/c1-3-21(26-17-19-5-8-22-9-6-19)4-2-18(1)15-24-12-7-20(16-24)25-13-10-23-11-14-25/h1-6,8-9,20,23H,7,10-17H2. The second-order valence-corrected chi connectivity index (χ2v) is 7.25. The molecule has 0 amide bonds. The predicted molar refractivity (Wildman–Crippen MR) is 103 cm³/mol. The van der Waals surface area contributed by atoms with E-state index in [-0.39, 0.29) is 0 Å². The SMILES string of the molecule is c1cc(COc2ccc(CN3CCC(N4CCNCC4)C3)cc2)ccn1. The zero-order valence-corrected chi connectivity index (χ0v) is 15.3. The van der Waals surface area contributed by atoms with Crippen LogP contribution in [0.3, 0.4) is 0 Å². The van der Waals surface area contributed by atoms with E-state index in [1.807, 2.05) is 12.1 Å². The Kier molecular flexibility index (Phi) is 5.79. The van der Waals surface area contributed by atoms with Crippen LogP contribution in [0, 0.1) is 0 Å². The van der Waals surface area contributed by atoms with Crippen LogP contribution in [0.4, 0.5) is 0 Å². The van der Waals surface area contributed by atoms with Crippen molar-refractivity contribution in [2.75, 3.05) is 39.3 Å². The monoisotopic (exact) mass is 352 g/mol. The summed E-state index contributed by atoms with van der Waals surface area (Å²) in [5.41, 5.74) is 2.50. The third-order valence-electron chi connectivity index (χ3n) is 5.40. The Labute approximate surface area is 156 Å². The highest BCUT2D eigenvalue weighted by Gasteiger charge is 2.28. The molecule has 1 unspecified atom stereocenters. The largest absolute Gasteiger partial charge is 0.489 e. The summed E-state index contributed by atoms with van der Waals surface area (Å²) in [6, 6.07) is 13.3. The van der Waals surface area contributed by atoms with Gasteiger partial charge in [-0.2, -0.15) is 0 Å². The Morgan fingerprint density at radius 2 is 1.73 bits per heavy atom. The second kappa shape index (κ2) is 8.62. The van der Waals surface area contributed by atoms with Crippen molar-refractivity contribution in [3.8, 4) is 5.75 Å². The maximum absolute atomic E-state index is 5.86. The lowest BCUT2D eigenvalue weighted by atomic mass is 10.2. The minimum absolute atomic E-state index is 0.584. The third-order valence-corrected chi connectivity index (χ3v) is 5.40. The summed E-state index contributed by atoms with van der Waals surface area (Å²) in [4.78, 5) is 9.27. The number of benzene rings is 1. The number of ether oxygens (including phenoxy) is 1. The number of hydrogen-bond acceptors (Lipinski definition) is 5. The van der Waals surface area contributed by atoms with E-state index < -0.39 is 0 Å². The Morgan fingerprint density at radius 1 is 0.962 bits per heavy atom. The van der Waals surface area contributed by atoms with Gasteiger partial charge in [0.25, 0.3) is 0 Å².